The fourth-order valence-electron chi connectivity index (χ4n) is 2.52. The second-order valence-electron chi connectivity index (χ2n) is 4.66. The fourth-order valence-corrected chi connectivity index (χ4v) is 2.52. The molecule has 4 heteroatoms. The van der Waals surface area contributed by atoms with E-state index in [-0.39, 0.29) is 18.2 Å². The van der Waals surface area contributed by atoms with Gasteiger partial charge in [0.1, 0.15) is 5.75 Å². The molecule has 0 aliphatic heterocycles. The van der Waals surface area contributed by atoms with Crippen LogP contribution in [-0.2, 0) is 0 Å². The number of aromatic hydroxyl groups is 1. The molecule has 4 N–H and O–H groups in total. The number of hydrogen-bond donors (Lipinski definition) is 3. The molecule has 2 atom stereocenters. The second-order valence-corrected chi connectivity index (χ2v) is 4.66. The largest absolute Gasteiger partial charge is 0.508 e. The molecule has 0 unspecified atom stereocenters. The molecule has 1 aromatic carbocycles. The Hall–Kier alpha value is -0.770. The Morgan fingerprint density at radius 3 is 2.47 bits per heavy atom. The molecule has 0 bridgehead atoms. The van der Waals surface area contributed by atoms with Crippen molar-refractivity contribution in [1.82, 2.24) is 0 Å². The molecule has 0 amide bonds. The number of rotatable bonds is 3. The van der Waals surface area contributed by atoms with Crippen molar-refractivity contribution in [2.75, 3.05) is 0 Å². The number of phenolic OH excluding ortho intramolecular Hbond substituents is 1. The van der Waals surface area contributed by atoms with Gasteiger partial charge in [-0.05, 0) is 36.5 Å². The van der Waals surface area contributed by atoms with Crippen molar-refractivity contribution in [3.05, 3.63) is 29.8 Å². The zero-order chi connectivity index (χ0) is 11.5. The van der Waals surface area contributed by atoms with Gasteiger partial charge in [-0.3, -0.25) is 0 Å². The summed E-state index contributed by atoms with van der Waals surface area (Å²) in [7, 11) is 0. The molecule has 1 aliphatic rings. The van der Waals surface area contributed by atoms with E-state index in [0.29, 0.717) is 5.92 Å². The smallest absolute Gasteiger partial charge is 0.115 e. The molecule has 96 valence electrons. The third kappa shape index (κ3) is 3.35. The minimum Gasteiger partial charge on any atom is -0.508 e. The van der Waals surface area contributed by atoms with Gasteiger partial charge in [0.05, 0.1) is 12.1 Å². The lowest BCUT2D eigenvalue weighted by molar-refractivity contribution is 0.0844. The van der Waals surface area contributed by atoms with Crippen LogP contribution < -0.4 is 5.73 Å². The maximum Gasteiger partial charge on any atom is 0.115 e. The summed E-state index contributed by atoms with van der Waals surface area (Å²) in [6, 6.07) is 6.45. The average molecular weight is 258 g/mol. The van der Waals surface area contributed by atoms with Crippen molar-refractivity contribution in [3.8, 4) is 5.75 Å². The number of aliphatic hydroxyl groups excluding tert-OH is 1. The lowest BCUT2D eigenvalue weighted by atomic mass is 9.91. The number of phenols is 1. The van der Waals surface area contributed by atoms with Crippen LogP contribution >= 0.6 is 12.4 Å². The Labute approximate surface area is 108 Å². The van der Waals surface area contributed by atoms with Crippen molar-refractivity contribution >= 4 is 12.4 Å². The van der Waals surface area contributed by atoms with E-state index in [1.807, 2.05) is 6.07 Å². The van der Waals surface area contributed by atoms with Gasteiger partial charge in [-0.2, -0.15) is 0 Å². The summed E-state index contributed by atoms with van der Waals surface area (Å²) < 4.78 is 0. The third-order valence-corrected chi connectivity index (χ3v) is 3.51. The Balaban J connectivity index is 0.00000144. The van der Waals surface area contributed by atoms with E-state index in [0.717, 1.165) is 18.4 Å². The third-order valence-electron chi connectivity index (χ3n) is 3.51. The van der Waals surface area contributed by atoms with E-state index >= 15 is 0 Å². The first-order chi connectivity index (χ1) is 7.68. The monoisotopic (exact) mass is 257 g/mol. The normalized spacial score (nSPS) is 19.6. The Bertz CT molecular complexity index is 353. The first kappa shape index (κ1) is 14.3. The van der Waals surface area contributed by atoms with E-state index < -0.39 is 12.1 Å². The van der Waals surface area contributed by atoms with Crippen LogP contribution in [0.1, 0.15) is 37.3 Å². The van der Waals surface area contributed by atoms with Gasteiger partial charge in [-0.25, -0.2) is 0 Å². The molecular weight excluding hydrogens is 238 g/mol. The predicted octanol–water partition coefficient (Wildman–Crippen LogP) is 2.36. The molecule has 1 aliphatic carbocycles. The number of hydrogen-bond acceptors (Lipinski definition) is 3. The average Bonchev–Trinajstić information content (AvgIpc) is 2.80. The maximum atomic E-state index is 10.2. The number of nitrogens with two attached hydrogens (primary N) is 1. The van der Waals surface area contributed by atoms with E-state index in [4.69, 9.17) is 5.73 Å². The Morgan fingerprint density at radius 2 is 1.88 bits per heavy atom. The van der Waals surface area contributed by atoms with E-state index in [2.05, 4.69) is 0 Å². The maximum absolute atomic E-state index is 10.2. The Morgan fingerprint density at radius 1 is 1.24 bits per heavy atom. The van der Waals surface area contributed by atoms with Gasteiger partial charge in [0, 0.05) is 0 Å². The zero-order valence-corrected chi connectivity index (χ0v) is 10.6. The van der Waals surface area contributed by atoms with Crippen molar-refractivity contribution in [2.45, 2.75) is 37.8 Å². The van der Waals surface area contributed by atoms with Gasteiger partial charge in [0.15, 0.2) is 0 Å². The van der Waals surface area contributed by atoms with Crippen LogP contribution in [0.3, 0.4) is 0 Å². The fraction of sp³-hybridized carbons (Fsp3) is 0.538. The summed E-state index contributed by atoms with van der Waals surface area (Å²) >= 11 is 0. The highest BCUT2D eigenvalue weighted by atomic mass is 35.5. The number of halogens is 1. The van der Waals surface area contributed by atoms with Gasteiger partial charge >= 0.3 is 0 Å². The summed E-state index contributed by atoms with van der Waals surface area (Å²) in [6.07, 6.45) is 4.01. The van der Waals surface area contributed by atoms with E-state index in [9.17, 15) is 10.2 Å². The standard InChI is InChI=1S/C13H19NO2.ClH/c14-12(10-6-3-7-11(15)8-10)13(16)9-4-1-2-5-9;/h3,6-9,12-13,15-16H,1-2,4-5,14H2;1H/t12-,13+;/m1./s1. The number of benzene rings is 1. The SMILES string of the molecule is Cl.N[C@H](c1cccc(O)c1)[C@@H](O)C1CCCC1. The van der Waals surface area contributed by atoms with Gasteiger partial charge in [0.25, 0.3) is 0 Å². The molecule has 1 saturated carbocycles. The van der Waals surface area contributed by atoms with E-state index in [1.54, 1.807) is 18.2 Å². The van der Waals surface area contributed by atoms with E-state index in [1.165, 1.54) is 12.8 Å². The summed E-state index contributed by atoms with van der Waals surface area (Å²) in [5, 5.41) is 19.5. The summed E-state index contributed by atoms with van der Waals surface area (Å²) in [6.45, 7) is 0. The second kappa shape index (κ2) is 6.24. The highest BCUT2D eigenvalue weighted by Gasteiger charge is 2.28. The molecule has 0 saturated heterocycles. The van der Waals surface area contributed by atoms with Crippen LogP contribution in [0.15, 0.2) is 24.3 Å². The highest BCUT2D eigenvalue weighted by Crippen LogP contribution is 2.32. The highest BCUT2D eigenvalue weighted by molar-refractivity contribution is 5.85. The lowest BCUT2D eigenvalue weighted by Gasteiger charge is -2.24. The molecule has 1 aromatic rings. The quantitative estimate of drug-likeness (QED) is 0.779. The topological polar surface area (TPSA) is 66.5 Å². The molecular formula is C13H20ClNO2. The number of aliphatic hydroxyl groups is 1. The molecule has 1 fully saturated rings. The molecule has 17 heavy (non-hydrogen) atoms. The van der Waals surface area contributed by atoms with Crippen LogP contribution in [0.4, 0.5) is 0 Å². The predicted molar refractivity (Wildman–Crippen MR) is 70.2 cm³/mol. The lowest BCUT2D eigenvalue weighted by Crippen LogP contribution is -2.31. The minimum atomic E-state index is -0.496. The van der Waals surface area contributed by atoms with Crippen LogP contribution in [0.25, 0.3) is 0 Å². The first-order valence-electron chi connectivity index (χ1n) is 5.91. The molecule has 2 rings (SSSR count). The van der Waals surface area contributed by atoms with Crippen molar-refractivity contribution in [2.24, 2.45) is 11.7 Å². The zero-order valence-electron chi connectivity index (χ0n) is 9.75. The van der Waals surface area contributed by atoms with Gasteiger partial charge in [-0.15, -0.1) is 12.4 Å². The Kier molecular flexibility index (Phi) is 5.25. The molecule has 0 heterocycles. The van der Waals surface area contributed by atoms with Crippen molar-refractivity contribution in [1.29, 1.82) is 0 Å². The van der Waals surface area contributed by atoms with Crippen LogP contribution in [0.5, 0.6) is 5.75 Å². The van der Waals surface area contributed by atoms with Crippen molar-refractivity contribution in [3.63, 3.8) is 0 Å². The van der Waals surface area contributed by atoms with Crippen LogP contribution in [0.2, 0.25) is 0 Å². The van der Waals surface area contributed by atoms with Crippen LogP contribution in [-0.4, -0.2) is 16.3 Å². The summed E-state index contributed by atoms with van der Waals surface area (Å²) in [5.74, 6) is 0.518. The molecule has 0 aromatic heterocycles. The molecule has 0 spiro atoms. The van der Waals surface area contributed by atoms with Gasteiger partial charge in [-0.1, -0.05) is 25.0 Å². The first-order valence-corrected chi connectivity index (χ1v) is 5.91. The van der Waals surface area contributed by atoms with Gasteiger partial charge < -0.3 is 15.9 Å². The van der Waals surface area contributed by atoms with Gasteiger partial charge in [0.2, 0.25) is 0 Å². The van der Waals surface area contributed by atoms with Crippen molar-refractivity contribution < 1.29 is 10.2 Å². The summed E-state index contributed by atoms with van der Waals surface area (Å²) in [4.78, 5) is 0. The summed E-state index contributed by atoms with van der Waals surface area (Å²) in [5.41, 5.74) is 6.83. The molecule has 0 radical (unpaired) electrons. The molecule has 3 nitrogen and oxygen atoms in total. The van der Waals surface area contributed by atoms with Crippen LogP contribution in [0, 0.1) is 5.92 Å². The minimum absolute atomic E-state index is 0.